The SMILES string of the molecule is Cc1ccc([C@H]2CN(Cc3nc(C)c(C)s3)C[C@@H]2C(=O)O)cc1. The zero-order valence-corrected chi connectivity index (χ0v) is 14.6. The van der Waals surface area contributed by atoms with Crippen LogP contribution in [0.3, 0.4) is 0 Å². The Labute approximate surface area is 140 Å². The molecule has 0 unspecified atom stereocenters. The van der Waals surface area contributed by atoms with Gasteiger partial charge in [0.15, 0.2) is 0 Å². The number of carbonyl (C=O) groups is 1. The summed E-state index contributed by atoms with van der Waals surface area (Å²) in [4.78, 5) is 19.7. The Bertz CT molecular complexity index is 689. The van der Waals surface area contributed by atoms with Gasteiger partial charge < -0.3 is 5.11 Å². The van der Waals surface area contributed by atoms with E-state index in [4.69, 9.17) is 0 Å². The van der Waals surface area contributed by atoms with E-state index >= 15 is 0 Å². The van der Waals surface area contributed by atoms with Crippen LogP contribution in [0.1, 0.15) is 32.6 Å². The maximum atomic E-state index is 11.7. The van der Waals surface area contributed by atoms with Gasteiger partial charge in [-0.25, -0.2) is 4.98 Å². The molecule has 0 saturated carbocycles. The van der Waals surface area contributed by atoms with Crippen molar-refractivity contribution in [1.82, 2.24) is 9.88 Å². The summed E-state index contributed by atoms with van der Waals surface area (Å²) in [7, 11) is 0. The average molecular weight is 330 g/mol. The highest BCUT2D eigenvalue weighted by molar-refractivity contribution is 7.11. The van der Waals surface area contributed by atoms with Crippen LogP contribution in [0, 0.1) is 26.7 Å². The molecule has 0 spiro atoms. The maximum Gasteiger partial charge on any atom is 0.308 e. The van der Waals surface area contributed by atoms with Crippen molar-refractivity contribution in [2.45, 2.75) is 33.2 Å². The number of rotatable bonds is 4. The van der Waals surface area contributed by atoms with Crippen LogP contribution in [0.5, 0.6) is 0 Å². The van der Waals surface area contributed by atoms with Crippen molar-refractivity contribution >= 4 is 17.3 Å². The zero-order valence-electron chi connectivity index (χ0n) is 13.7. The number of likely N-dealkylation sites (tertiary alicyclic amines) is 1. The molecule has 122 valence electrons. The third kappa shape index (κ3) is 3.46. The van der Waals surface area contributed by atoms with Gasteiger partial charge in [0.2, 0.25) is 0 Å². The molecule has 2 atom stereocenters. The predicted molar refractivity (Wildman–Crippen MR) is 91.9 cm³/mol. The number of benzene rings is 1. The van der Waals surface area contributed by atoms with E-state index < -0.39 is 5.97 Å². The van der Waals surface area contributed by atoms with E-state index in [2.05, 4.69) is 41.1 Å². The zero-order chi connectivity index (χ0) is 16.6. The number of aromatic nitrogens is 1. The maximum absolute atomic E-state index is 11.7. The molecule has 0 radical (unpaired) electrons. The monoisotopic (exact) mass is 330 g/mol. The Morgan fingerprint density at radius 3 is 2.52 bits per heavy atom. The van der Waals surface area contributed by atoms with Crippen molar-refractivity contribution in [2.24, 2.45) is 5.92 Å². The number of hydrogen-bond acceptors (Lipinski definition) is 4. The Hall–Kier alpha value is -1.72. The van der Waals surface area contributed by atoms with E-state index in [1.807, 2.05) is 13.8 Å². The minimum Gasteiger partial charge on any atom is -0.481 e. The first-order valence-corrected chi connectivity index (χ1v) is 8.70. The molecule has 23 heavy (non-hydrogen) atoms. The van der Waals surface area contributed by atoms with Crippen LogP contribution in [0.4, 0.5) is 0 Å². The molecule has 1 fully saturated rings. The third-order valence-electron chi connectivity index (χ3n) is 4.65. The fourth-order valence-electron chi connectivity index (χ4n) is 3.21. The highest BCUT2D eigenvalue weighted by Crippen LogP contribution is 2.34. The molecule has 2 aromatic rings. The fourth-order valence-corrected chi connectivity index (χ4v) is 4.19. The summed E-state index contributed by atoms with van der Waals surface area (Å²) in [6, 6.07) is 8.25. The number of thiazole rings is 1. The van der Waals surface area contributed by atoms with Gasteiger partial charge in [0.1, 0.15) is 5.01 Å². The molecule has 1 saturated heterocycles. The van der Waals surface area contributed by atoms with Gasteiger partial charge in [-0.2, -0.15) is 0 Å². The molecule has 0 amide bonds. The largest absolute Gasteiger partial charge is 0.481 e. The summed E-state index contributed by atoms with van der Waals surface area (Å²) >= 11 is 1.71. The van der Waals surface area contributed by atoms with Gasteiger partial charge in [-0.3, -0.25) is 9.69 Å². The number of nitrogens with zero attached hydrogens (tertiary/aromatic N) is 2. The normalized spacial score (nSPS) is 21.7. The minimum absolute atomic E-state index is 0.0512. The van der Waals surface area contributed by atoms with Crippen molar-refractivity contribution in [2.75, 3.05) is 13.1 Å². The number of hydrogen-bond donors (Lipinski definition) is 1. The topological polar surface area (TPSA) is 53.4 Å². The fraction of sp³-hybridized carbons (Fsp3) is 0.444. The lowest BCUT2D eigenvalue weighted by atomic mass is 9.89. The second-order valence-electron chi connectivity index (χ2n) is 6.41. The summed E-state index contributed by atoms with van der Waals surface area (Å²) < 4.78 is 0. The van der Waals surface area contributed by atoms with Gasteiger partial charge in [0, 0.05) is 23.9 Å². The first-order chi connectivity index (χ1) is 10.9. The molecule has 1 aromatic carbocycles. The summed E-state index contributed by atoms with van der Waals surface area (Å²) in [6.45, 7) is 8.26. The molecule has 2 heterocycles. The van der Waals surface area contributed by atoms with E-state index in [1.54, 1.807) is 11.3 Å². The number of aliphatic carboxylic acids is 1. The van der Waals surface area contributed by atoms with Crippen molar-refractivity contribution in [3.05, 3.63) is 51.0 Å². The summed E-state index contributed by atoms with van der Waals surface area (Å²) in [6.07, 6.45) is 0. The van der Waals surface area contributed by atoms with Crippen LogP contribution < -0.4 is 0 Å². The van der Waals surface area contributed by atoms with Crippen LogP contribution in [0.25, 0.3) is 0 Å². The molecule has 0 aliphatic carbocycles. The van der Waals surface area contributed by atoms with Crippen LogP contribution >= 0.6 is 11.3 Å². The molecule has 1 aliphatic heterocycles. The van der Waals surface area contributed by atoms with Gasteiger partial charge in [-0.05, 0) is 26.3 Å². The first-order valence-electron chi connectivity index (χ1n) is 7.88. The standard InChI is InChI=1S/C18H22N2O2S/c1-11-4-6-14(7-5-11)15-8-20(9-16(15)18(21)22)10-17-19-12(2)13(3)23-17/h4-7,15-16H,8-10H2,1-3H3,(H,21,22)/t15-,16+/m1/s1. The second kappa shape index (κ2) is 6.42. The molecule has 1 N–H and O–H groups in total. The number of carboxylic acids is 1. The third-order valence-corrected chi connectivity index (χ3v) is 5.71. The quantitative estimate of drug-likeness (QED) is 0.934. The molecular weight excluding hydrogens is 308 g/mol. The van der Waals surface area contributed by atoms with E-state index in [-0.39, 0.29) is 11.8 Å². The van der Waals surface area contributed by atoms with Crippen molar-refractivity contribution < 1.29 is 9.90 Å². The summed E-state index contributed by atoms with van der Waals surface area (Å²) in [5, 5.41) is 10.7. The number of carboxylic acid groups (broad SMARTS) is 1. The van der Waals surface area contributed by atoms with Crippen LogP contribution in [-0.2, 0) is 11.3 Å². The molecule has 3 rings (SSSR count). The highest BCUT2D eigenvalue weighted by atomic mass is 32.1. The summed E-state index contributed by atoms with van der Waals surface area (Å²) in [5.74, 6) is -1.00. The predicted octanol–water partition coefficient (Wildman–Crippen LogP) is 3.37. The lowest BCUT2D eigenvalue weighted by molar-refractivity contribution is -0.141. The smallest absolute Gasteiger partial charge is 0.308 e. The molecule has 0 bridgehead atoms. The molecule has 1 aliphatic rings. The second-order valence-corrected chi connectivity index (χ2v) is 7.69. The van der Waals surface area contributed by atoms with Gasteiger partial charge in [-0.15, -0.1) is 11.3 Å². The lowest BCUT2D eigenvalue weighted by Crippen LogP contribution is -2.23. The van der Waals surface area contributed by atoms with Crippen molar-refractivity contribution in [1.29, 1.82) is 0 Å². The lowest BCUT2D eigenvalue weighted by Gasteiger charge is -2.15. The molecular formula is C18H22N2O2S. The van der Waals surface area contributed by atoms with E-state index in [9.17, 15) is 9.90 Å². The van der Waals surface area contributed by atoms with E-state index in [0.29, 0.717) is 6.54 Å². The summed E-state index contributed by atoms with van der Waals surface area (Å²) in [5.41, 5.74) is 3.40. The Kier molecular flexibility index (Phi) is 4.50. The van der Waals surface area contributed by atoms with Crippen molar-refractivity contribution in [3.63, 3.8) is 0 Å². The van der Waals surface area contributed by atoms with Gasteiger partial charge >= 0.3 is 5.97 Å². The van der Waals surface area contributed by atoms with Gasteiger partial charge in [0.25, 0.3) is 0 Å². The van der Waals surface area contributed by atoms with Crippen LogP contribution in [-0.4, -0.2) is 34.0 Å². The molecule has 1 aromatic heterocycles. The molecule has 4 nitrogen and oxygen atoms in total. The minimum atomic E-state index is -0.704. The van der Waals surface area contributed by atoms with Gasteiger partial charge in [-0.1, -0.05) is 29.8 Å². The van der Waals surface area contributed by atoms with Crippen LogP contribution in [0.2, 0.25) is 0 Å². The Morgan fingerprint density at radius 2 is 1.96 bits per heavy atom. The Balaban J connectivity index is 1.78. The first kappa shape index (κ1) is 16.1. The van der Waals surface area contributed by atoms with Crippen LogP contribution in [0.15, 0.2) is 24.3 Å². The van der Waals surface area contributed by atoms with E-state index in [0.717, 1.165) is 29.4 Å². The van der Waals surface area contributed by atoms with Crippen molar-refractivity contribution in [3.8, 4) is 0 Å². The Morgan fingerprint density at radius 1 is 1.26 bits per heavy atom. The van der Waals surface area contributed by atoms with E-state index in [1.165, 1.54) is 10.4 Å². The average Bonchev–Trinajstić information content (AvgIpc) is 3.04. The molecule has 5 heteroatoms. The van der Waals surface area contributed by atoms with Gasteiger partial charge in [0.05, 0.1) is 18.2 Å². The number of aryl methyl sites for hydroxylation is 3. The highest BCUT2D eigenvalue weighted by Gasteiger charge is 2.38.